The second kappa shape index (κ2) is 1.85. The van der Waals surface area contributed by atoms with E-state index in [1.807, 2.05) is 0 Å². The Hall–Kier alpha value is -1.78. The van der Waals surface area contributed by atoms with Gasteiger partial charge in [-0.25, -0.2) is 0 Å². The molecule has 0 fully saturated rings. The van der Waals surface area contributed by atoms with Gasteiger partial charge in [-0.3, -0.25) is 4.63 Å². The van der Waals surface area contributed by atoms with Crippen LogP contribution in [-0.4, -0.2) is 10.3 Å². The number of aromatic nitrogens is 2. The van der Waals surface area contributed by atoms with Gasteiger partial charge in [-0.15, -0.1) is 0 Å². The summed E-state index contributed by atoms with van der Waals surface area (Å²) < 4.78 is 4.25. The van der Waals surface area contributed by atoms with Gasteiger partial charge in [0.1, 0.15) is 0 Å². The van der Waals surface area contributed by atoms with Crippen LogP contribution in [0.4, 0.5) is 0 Å². The summed E-state index contributed by atoms with van der Waals surface area (Å²) in [4.78, 5) is 0.245. The summed E-state index contributed by atoms with van der Waals surface area (Å²) in [5, 5.41) is 23.2. The van der Waals surface area contributed by atoms with Gasteiger partial charge in [-0.05, 0) is 17.0 Å². The second-order valence-electron chi connectivity index (χ2n) is 2.07. The van der Waals surface area contributed by atoms with Crippen LogP contribution in [0.25, 0.3) is 11.0 Å². The van der Waals surface area contributed by atoms with Crippen LogP contribution in [0.1, 0.15) is 0 Å². The van der Waals surface area contributed by atoms with Crippen LogP contribution >= 0.6 is 0 Å². The maximum atomic E-state index is 10.7. The van der Waals surface area contributed by atoms with E-state index in [0.717, 1.165) is 0 Å². The van der Waals surface area contributed by atoms with Crippen LogP contribution in [0.3, 0.4) is 0 Å². The first kappa shape index (κ1) is 5.96. The first-order chi connectivity index (χ1) is 5.29. The molecule has 1 aromatic carbocycles. The standard InChI is InChI=1S/C6H4N2O3/c9-5-3-1-2-4-6(5)7-11-8(4)10/h1-3,9H. The molecule has 0 saturated heterocycles. The van der Waals surface area contributed by atoms with Crippen LogP contribution in [0, 0.1) is 5.21 Å². The Morgan fingerprint density at radius 1 is 1.55 bits per heavy atom. The van der Waals surface area contributed by atoms with Crippen LogP contribution in [0.15, 0.2) is 22.8 Å². The van der Waals surface area contributed by atoms with E-state index in [2.05, 4.69) is 9.79 Å². The Kier molecular flexibility index (Phi) is 1.00. The van der Waals surface area contributed by atoms with Crippen molar-refractivity contribution in [2.75, 3.05) is 0 Å². The largest absolute Gasteiger partial charge is 0.504 e. The predicted octanol–water partition coefficient (Wildman–Crippen LogP) is 0.167. The number of aromatic hydroxyl groups is 1. The highest BCUT2D eigenvalue weighted by Crippen LogP contribution is 2.18. The van der Waals surface area contributed by atoms with Crippen molar-refractivity contribution in [2.45, 2.75) is 0 Å². The fourth-order valence-electron chi connectivity index (χ4n) is 0.882. The Labute approximate surface area is 61.0 Å². The number of fused-ring (bicyclic) bond motifs is 1. The molecule has 1 aromatic heterocycles. The minimum absolute atomic E-state index is 0.0548. The third kappa shape index (κ3) is 0.706. The third-order valence-electron chi connectivity index (χ3n) is 1.40. The lowest BCUT2D eigenvalue weighted by molar-refractivity contribution is -0.782. The number of nitrogens with zero attached hydrogens (tertiary/aromatic N) is 2. The van der Waals surface area contributed by atoms with E-state index in [-0.39, 0.29) is 21.7 Å². The van der Waals surface area contributed by atoms with Gasteiger partial charge < -0.3 is 10.3 Å². The van der Waals surface area contributed by atoms with Crippen LogP contribution < -0.4 is 4.90 Å². The lowest BCUT2D eigenvalue weighted by Crippen LogP contribution is -2.22. The van der Waals surface area contributed by atoms with Crippen LogP contribution in [0.2, 0.25) is 0 Å². The first-order valence-electron chi connectivity index (χ1n) is 2.96. The Morgan fingerprint density at radius 2 is 2.36 bits per heavy atom. The molecule has 0 radical (unpaired) electrons. The molecule has 0 aliphatic heterocycles. The van der Waals surface area contributed by atoms with Crippen molar-refractivity contribution in [2.24, 2.45) is 0 Å². The molecule has 1 heterocycles. The zero-order valence-electron chi connectivity index (χ0n) is 5.39. The van der Waals surface area contributed by atoms with Crippen molar-refractivity contribution in [1.29, 1.82) is 0 Å². The second-order valence-corrected chi connectivity index (χ2v) is 2.07. The van der Waals surface area contributed by atoms with Crippen molar-refractivity contribution in [1.82, 2.24) is 5.16 Å². The molecule has 0 spiro atoms. The van der Waals surface area contributed by atoms with Crippen molar-refractivity contribution < 1.29 is 14.6 Å². The van der Waals surface area contributed by atoms with E-state index in [1.165, 1.54) is 12.1 Å². The van der Waals surface area contributed by atoms with Crippen molar-refractivity contribution >= 4 is 11.0 Å². The molecular weight excluding hydrogens is 148 g/mol. The van der Waals surface area contributed by atoms with Gasteiger partial charge in [0.2, 0.25) is 5.52 Å². The van der Waals surface area contributed by atoms with Crippen molar-refractivity contribution in [3.63, 3.8) is 0 Å². The normalized spacial score (nSPS) is 10.5. The number of benzene rings is 1. The van der Waals surface area contributed by atoms with Gasteiger partial charge in [0.25, 0.3) is 5.52 Å². The molecule has 0 aliphatic rings. The minimum Gasteiger partial charge on any atom is -0.504 e. The van der Waals surface area contributed by atoms with E-state index >= 15 is 0 Å². The quantitative estimate of drug-likeness (QED) is 0.546. The Balaban J connectivity index is 2.94. The highest BCUT2D eigenvalue weighted by atomic mass is 16.8. The number of hydrogen-bond acceptors (Lipinski definition) is 4. The Morgan fingerprint density at radius 3 is 3.09 bits per heavy atom. The molecule has 2 aromatic rings. The first-order valence-corrected chi connectivity index (χ1v) is 2.96. The van der Waals surface area contributed by atoms with Gasteiger partial charge in [-0.1, -0.05) is 6.07 Å². The smallest absolute Gasteiger partial charge is 0.289 e. The third-order valence-corrected chi connectivity index (χ3v) is 1.40. The number of hydrogen-bond donors (Lipinski definition) is 1. The molecule has 2 rings (SSSR count). The maximum Gasteiger partial charge on any atom is 0.289 e. The average molecular weight is 152 g/mol. The zero-order chi connectivity index (χ0) is 7.84. The topological polar surface area (TPSA) is 73.2 Å². The summed E-state index contributed by atoms with van der Waals surface area (Å²) in [5.74, 6) is -0.0548. The number of phenolic OH excluding ortho intramolecular Hbond substituents is 1. The van der Waals surface area contributed by atoms with Gasteiger partial charge in [0, 0.05) is 0 Å². The molecule has 0 aliphatic carbocycles. The lowest BCUT2D eigenvalue weighted by Gasteiger charge is -1.86. The molecule has 11 heavy (non-hydrogen) atoms. The van der Waals surface area contributed by atoms with E-state index in [0.29, 0.717) is 0 Å². The molecule has 5 heteroatoms. The van der Waals surface area contributed by atoms with E-state index in [9.17, 15) is 5.21 Å². The monoisotopic (exact) mass is 152 g/mol. The summed E-state index contributed by atoms with van der Waals surface area (Å²) in [6, 6.07) is 4.49. The minimum atomic E-state index is -0.0548. The maximum absolute atomic E-state index is 10.7. The fraction of sp³-hybridized carbons (Fsp3) is 0. The van der Waals surface area contributed by atoms with Crippen molar-refractivity contribution in [3.05, 3.63) is 23.4 Å². The SMILES string of the molecule is [O-][n+]1onc2c(O)cccc21. The van der Waals surface area contributed by atoms with Crippen LogP contribution in [0.5, 0.6) is 5.75 Å². The summed E-state index contributed by atoms with van der Waals surface area (Å²) in [6.45, 7) is 0. The molecule has 0 saturated carbocycles. The summed E-state index contributed by atoms with van der Waals surface area (Å²) in [5.41, 5.74) is 0.410. The summed E-state index contributed by atoms with van der Waals surface area (Å²) in [6.07, 6.45) is 0. The van der Waals surface area contributed by atoms with Gasteiger partial charge in [0.05, 0.1) is 5.16 Å². The summed E-state index contributed by atoms with van der Waals surface area (Å²) >= 11 is 0. The average Bonchev–Trinajstić information content (AvgIpc) is 2.35. The van der Waals surface area contributed by atoms with Gasteiger partial charge in [0.15, 0.2) is 5.75 Å². The number of rotatable bonds is 0. The highest BCUT2D eigenvalue weighted by molar-refractivity contribution is 5.76. The van der Waals surface area contributed by atoms with E-state index in [4.69, 9.17) is 5.11 Å². The molecular formula is C6H4N2O3. The zero-order valence-corrected chi connectivity index (χ0v) is 5.39. The molecule has 1 N–H and O–H groups in total. The van der Waals surface area contributed by atoms with Crippen LogP contribution in [-0.2, 0) is 0 Å². The van der Waals surface area contributed by atoms with Gasteiger partial charge >= 0.3 is 0 Å². The molecule has 0 bridgehead atoms. The van der Waals surface area contributed by atoms with E-state index < -0.39 is 0 Å². The van der Waals surface area contributed by atoms with Crippen molar-refractivity contribution in [3.8, 4) is 5.75 Å². The molecule has 56 valence electrons. The van der Waals surface area contributed by atoms with E-state index in [1.54, 1.807) is 6.07 Å². The molecule has 0 unspecified atom stereocenters. The Bertz CT molecular complexity index is 396. The fourth-order valence-corrected chi connectivity index (χ4v) is 0.882. The molecule has 0 atom stereocenters. The number of phenols is 1. The summed E-state index contributed by atoms with van der Waals surface area (Å²) in [7, 11) is 0. The highest BCUT2D eigenvalue weighted by Gasteiger charge is 2.11. The van der Waals surface area contributed by atoms with Gasteiger partial charge in [-0.2, -0.15) is 0 Å². The lowest BCUT2D eigenvalue weighted by atomic mass is 10.3. The molecule has 5 nitrogen and oxygen atoms in total. The molecule has 0 amide bonds. The predicted molar refractivity (Wildman–Crippen MR) is 34.6 cm³/mol.